The molecule has 1 atom stereocenters. The van der Waals surface area contributed by atoms with Crippen molar-refractivity contribution >= 4 is 0 Å². The molecule has 0 saturated carbocycles. The highest BCUT2D eigenvalue weighted by molar-refractivity contribution is 5.38. The van der Waals surface area contributed by atoms with Crippen molar-refractivity contribution < 1.29 is 0 Å². The minimum atomic E-state index is 0.262. The van der Waals surface area contributed by atoms with Crippen LogP contribution in [0.1, 0.15) is 41.5 Å². The van der Waals surface area contributed by atoms with Crippen molar-refractivity contribution in [1.29, 1.82) is 0 Å². The van der Waals surface area contributed by atoms with Crippen LogP contribution >= 0.6 is 0 Å². The molecular formula is C17H28N2. The van der Waals surface area contributed by atoms with Gasteiger partial charge in [0.2, 0.25) is 0 Å². The average molecular weight is 260 g/mol. The van der Waals surface area contributed by atoms with Crippen molar-refractivity contribution in [1.82, 2.24) is 4.90 Å². The maximum atomic E-state index is 6.37. The third-order valence-corrected chi connectivity index (χ3v) is 4.25. The molecular weight excluding hydrogens is 232 g/mol. The van der Waals surface area contributed by atoms with Gasteiger partial charge in [-0.05, 0) is 69.8 Å². The molecule has 0 aliphatic carbocycles. The van der Waals surface area contributed by atoms with E-state index in [1.807, 2.05) is 0 Å². The first kappa shape index (κ1) is 14.5. The van der Waals surface area contributed by atoms with Gasteiger partial charge in [0.1, 0.15) is 0 Å². The van der Waals surface area contributed by atoms with Gasteiger partial charge in [0.25, 0.3) is 0 Å². The lowest BCUT2D eigenvalue weighted by atomic mass is 9.94. The second kappa shape index (κ2) is 6.53. The van der Waals surface area contributed by atoms with Crippen LogP contribution < -0.4 is 5.73 Å². The van der Waals surface area contributed by atoms with Crippen LogP contribution in [-0.2, 0) is 6.42 Å². The van der Waals surface area contributed by atoms with Gasteiger partial charge in [-0.1, -0.05) is 24.1 Å². The van der Waals surface area contributed by atoms with Crippen LogP contribution in [0.2, 0.25) is 0 Å². The summed E-state index contributed by atoms with van der Waals surface area (Å²) in [4.78, 5) is 2.53. The smallest absolute Gasteiger partial charge is 0.0208 e. The Bertz CT molecular complexity index is 396. The van der Waals surface area contributed by atoms with Crippen LogP contribution in [0, 0.1) is 20.8 Å². The molecule has 0 amide bonds. The molecule has 0 radical (unpaired) electrons. The van der Waals surface area contributed by atoms with Gasteiger partial charge in [-0.25, -0.2) is 0 Å². The molecule has 1 fully saturated rings. The SMILES string of the molecule is Cc1cc(C)c(CC(N)CN2CCCCC2)c(C)c1. The number of benzene rings is 1. The highest BCUT2D eigenvalue weighted by Crippen LogP contribution is 2.18. The highest BCUT2D eigenvalue weighted by Gasteiger charge is 2.15. The van der Waals surface area contributed by atoms with Gasteiger partial charge in [-0.3, -0.25) is 0 Å². The lowest BCUT2D eigenvalue weighted by Crippen LogP contribution is -2.41. The van der Waals surface area contributed by atoms with E-state index in [1.165, 1.54) is 54.6 Å². The van der Waals surface area contributed by atoms with Crippen molar-refractivity contribution in [2.75, 3.05) is 19.6 Å². The lowest BCUT2D eigenvalue weighted by Gasteiger charge is -2.29. The molecule has 2 N–H and O–H groups in total. The fraction of sp³-hybridized carbons (Fsp3) is 0.647. The highest BCUT2D eigenvalue weighted by atomic mass is 15.1. The van der Waals surface area contributed by atoms with Crippen LogP contribution in [0.25, 0.3) is 0 Å². The minimum absolute atomic E-state index is 0.262. The number of nitrogens with zero attached hydrogens (tertiary/aromatic N) is 1. The normalized spacial score (nSPS) is 18.5. The molecule has 0 spiro atoms. The molecule has 1 aromatic carbocycles. The first-order chi connectivity index (χ1) is 9.06. The summed E-state index contributed by atoms with van der Waals surface area (Å²) in [6.07, 6.45) is 5.08. The molecule has 1 heterocycles. The van der Waals surface area contributed by atoms with Gasteiger partial charge in [-0.2, -0.15) is 0 Å². The number of nitrogens with two attached hydrogens (primary N) is 1. The van der Waals surface area contributed by atoms with Gasteiger partial charge < -0.3 is 10.6 Å². The van der Waals surface area contributed by atoms with Crippen LogP contribution in [0.4, 0.5) is 0 Å². The third-order valence-electron chi connectivity index (χ3n) is 4.25. The van der Waals surface area contributed by atoms with Crippen molar-refractivity contribution in [3.63, 3.8) is 0 Å². The maximum Gasteiger partial charge on any atom is 0.0208 e. The Balaban J connectivity index is 1.96. The van der Waals surface area contributed by atoms with Gasteiger partial charge in [0, 0.05) is 12.6 Å². The molecule has 0 aromatic heterocycles. The minimum Gasteiger partial charge on any atom is -0.326 e. The van der Waals surface area contributed by atoms with Gasteiger partial charge in [-0.15, -0.1) is 0 Å². The Morgan fingerprint density at radius 2 is 1.63 bits per heavy atom. The zero-order valence-corrected chi connectivity index (χ0v) is 12.7. The molecule has 0 bridgehead atoms. The molecule has 2 nitrogen and oxygen atoms in total. The van der Waals surface area contributed by atoms with Crippen LogP contribution in [0.15, 0.2) is 12.1 Å². The second-order valence-corrected chi connectivity index (χ2v) is 6.20. The monoisotopic (exact) mass is 260 g/mol. The Kier molecular flexibility index (Phi) is 5.00. The predicted molar refractivity (Wildman–Crippen MR) is 82.6 cm³/mol. The summed E-state index contributed by atoms with van der Waals surface area (Å²) in [6, 6.07) is 4.81. The van der Waals surface area contributed by atoms with Crippen molar-refractivity contribution in [2.45, 2.75) is 52.5 Å². The number of likely N-dealkylation sites (tertiary alicyclic amines) is 1. The van der Waals surface area contributed by atoms with Gasteiger partial charge in [0.15, 0.2) is 0 Å². The molecule has 1 aromatic rings. The van der Waals surface area contributed by atoms with E-state index in [2.05, 4.69) is 37.8 Å². The average Bonchev–Trinajstić information content (AvgIpc) is 2.35. The summed E-state index contributed by atoms with van der Waals surface area (Å²) in [6.45, 7) is 10.1. The fourth-order valence-corrected chi connectivity index (χ4v) is 3.33. The third kappa shape index (κ3) is 4.05. The summed E-state index contributed by atoms with van der Waals surface area (Å²) >= 11 is 0. The second-order valence-electron chi connectivity index (χ2n) is 6.20. The number of hydrogen-bond donors (Lipinski definition) is 1. The summed E-state index contributed by atoms with van der Waals surface area (Å²) in [5.74, 6) is 0. The number of rotatable bonds is 4. The molecule has 1 aliphatic heterocycles. The molecule has 1 unspecified atom stereocenters. The molecule has 19 heavy (non-hydrogen) atoms. The Morgan fingerprint density at radius 3 is 2.21 bits per heavy atom. The van der Waals surface area contributed by atoms with E-state index < -0.39 is 0 Å². The first-order valence-electron chi connectivity index (χ1n) is 7.61. The summed E-state index contributed by atoms with van der Waals surface area (Å²) in [5, 5.41) is 0. The summed E-state index contributed by atoms with van der Waals surface area (Å²) in [5.41, 5.74) is 12.0. The van der Waals surface area contributed by atoms with E-state index in [1.54, 1.807) is 0 Å². The molecule has 1 saturated heterocycles. The quantitative estimate of drug-likeness (QED) is 0.902. The number of hydrogen-bond acceptors (Lipinski definition) is 2. The predicted octanol–water partition coefficient (Wildman–Crippen LogP) is 2.97. The summed E-state index contributed by atoms with van der Waals surface area (Å²) < 4.78 is 0. The number of aryl methyl sites for hydroxylation is 3. The van der Waals surface area contributed by atoms with Gasteiger partial charge >= 0.3 is 0 Å². The standard InChI is InChI=1S/C17H28N2/c1-13-9-14(2)17(15(3)10-13)11-16(18)12-19-7-5-4-6-8-19/h9-10,16H,4-8,11-12,18H2,1-3H3. The van der Waals surface area contributed by atoms with Gasteiger partial charge in [0.05, 0.1) is 0 Å². The van der Waals surface area contributed by atoms with Crippen LogP contribution in [0.3, 0.4) is 0 Å². The van der Waals surface area contributed by atoms with E-state index in [4.69, 9.17) is 5.73 Å². The molecule has 106 valence electrons. The van der Waals surface area contributed by atoms with E-state index in [-0.39, 0.29) is 6.04 Å². The van der Waals surface area contributed by atoms with E-state index >= 15 is 0 Å². The summed E-state index contributed by atoms with van der Waals surface area (Å²) in [7, 11) is 0. The largest absolute Gasteiger partial charge is 0.326 e. The van der Waals surface area contributed by atoms with Crippen molar-refractivity contribution in [2.24, 2.45) is 5.73 Å². The Labute approximate surface area is 118 Å². The zero-order valence-electron chi connectivity index (χ0n) is 12.7. The van der Waals surface area contributed by atoms with E-state index in [0.717, 1.165) is 13.0 Å². The number of piperidine rings is 1. The maximum absolute atomic E-state index is 6.37. The Hall–Kier alpha value is -0.860. The van der Waals surface area contributed by atoms with E-state index in [9.17, 15) is 0 Å². The Morgan fingerprint density at radius 1 is 1.05 bits per heavy atom. The lowest BCUT2D eigenvalue weighted by molar-refractivity contribution is 0.215. The van der Waals surface area contributed by atoms with Crippen molar-refractivity contribution in [3.05, 3.63) is 34.4 Å². The first-order valence-corrected chi connectivity index (χ1v) is 7.61. The van der Waals surface area contributed by atoms with E-state index in [0.29, 0.717) is 0 Å². The van der Waals surface area contributed by atoms with Crippen molar-refractivity contribution in [3.8, 4) is 0 Å². The zero-order chi connectivity index (χ0) is 13.8. The fourth-order valence-electron chi connectivity index (χ4n) is 3.33. The molecule has 2 heteroatoms. The molecule has 2 rings (SSSR count). The topological polar surface area (TPSA) is 29.3 Å². The van der Waals surface area contributed by atoms with Crippen LogP contribution in [0.5, 0.6) is 0 Å². The van der Waals surface area contributed by atoms with Crippen LogP contribution in [-0.4, -0.2) is 30.6 Å². The molecule has 1 aliphatic rings.